The van der Waals surface area contributed by atoms with Gasteiger partial charge in [-0.15, -0.1) is 0 Å². The zero-order valence-corrected chi connectivity index (χ0v) is 6.30. The molecular weight excluding hydrogens is 162 g/mol. The van der Waals surface area contributed by atoms with E-state index in [-0.39, 0.29) is 6.17 Å². The smallest absolute Gasteiger partial charge is 0.408 e. The quantitative estimate of drug-likeness (QED) is 0.577. The van der Waals surface area contributed by atoms with E-state index in [1.807, 2.05) is 0 Å². The van der Waals surface area contributed by atoms with Gasteiger partial charge in [0.1, 0.15) is 12.4 Å². The van der Waals surface area contributed by atoms with Crippen molar-refractivity contribution in [3.63, 3.8) is 0 Å². The van der Waals surface area contributed by atoms with Gasteiger partial charge in [0.2, 0.25) is 0 Å². The largest absolute Gasteiger partial charge is 0.465 e. The molecule has 0 radical (unpaired) electrons. The summed E-state index contributed by atoms with van der Waals surface area (Å²) in [5.41, 5.74) is 2.77. The summed E-state index contributed by atoms with van der Waals surface area (Å²) in [5, 5.41) is 10.1. The van der Waals surface area contributed by atoms with Gasteiger partial charge in [0.25, 0.3) is 0 Å². The van der Waals surface area contributed by atoms with Gasteiger partial charge in [0, 0.05) is 13.0 Å². The van der Waals surface area contributed by atoms with E-state index in [0.717, 1.165) is 6.42 Å². The summed E-state index contributed by atoms with van der Waals surface area (Å²) in [6.07, 6.45) is 2.76. The number of likely N-dealkylation sites (tertiary alicyclic amines) is 1. The minimum Gasteiger partial charge on any atom is -0.465 e. The lowest BCUT2D eigenvalue weighted by Crippen LogP contribution is -2.60. The molecule has 2 N–H and O–H groups in total. The van der Waals surface area contributed by atoms with E-state index in [2.05, 4.69) is 5.43 Å². The Kier molecular flexibility index (Phi) is 1.54. The van der Waals surface area contributed by atoms with Gasteiger partial charge >= 0.3 is 6.09 Å². The van der Waals surface area contributed by atoms with E-state index >= 15 is 0 Å². The first kappa shape index (κ1) is 7.23. The molecule has 1 saturated heterocycles. The highest BCUT2D eigenvalue weighted by Gasteiger charge is 2.38. The highest BCUT2D eigenvalue weighted by molar-refractivity contribution is 5.66. The Morgan fingerprint density at radius 2 is 2.58 bits per heavy atom. The van der Waals surface area contributed by atoms with Crippen LogP contribution in [0.4, 0.5) is 4.79 Å². The molecule has 0 bridgehead atoms. The van der Waals surface area contributed by atoms with Gasteiger partial charge in [-0.1, -0.05) is 0 Å². The summed E-state index contributed by atoms with van der Waals surface area (Å²) in [7, 11) is 0. The normalized spacial score (nSPS) is 27.7. The maximum absolute atomic E-state index is 10.5. The van der Waals surface area contributed by atoms with Crippen LogP contribution in [-0.2, 0) is 4.84 Å². The third-order valence-electron chi connectivity index (χ3n) is 1.95. The molecule has 1 amide bonds. The lowest BCUT2D eigenvalue weighted by molar-refractivity contribution is -0.209. The van der Waals surface area contributed by atoms with Crippen LogP contribution in [0.1, 0.15) is 6.42 Å². The molecule has 0 aromatic rings. The van der Waals surface area contributed by atoms with E-state index in [0.29, 0.717) is 6.54 Å². The number of hydrazine groups is 1. The highest BCUT2D eigenvalue weighted by Crippen LogP contribution is 2.21. The Hall–Kier alpha value is -1.43. The fraction of sp³-hybridized carbons (Fsp3) is 0.500. The Labute approximate surface area is 68.9 Å². The van der Waals surface area contributed by atoms with Crippen LogP contribution >= 0.6 is 0 Å². The van der Waals surface area contributed by atoms with Gasteiger partial charge in [-0.2, -0.15) is 0 Å². The maximum Gasteiger partial charge on any atom is 0.408 e. The molecule has 6 nitrogen and oxygen atoms in total. The number of nitrogens with zero attached hydrogens (tertiary/aromatic N) is 2. The van der Waals surface area contributed by atoms with Crippen LogP contribution in [0, 0.1) is 0 Å². The minimum atomic E-state index is -0.913. The van der Waals surface area contributed by atoms with E-state index in [4.69, 9.17) is 9.94 Å². The van der Waals surface area contributed by atoms with Crippen molar-refractivity contribution in [2.75, 3.05) is 6.54 Å². The zero-order valence-electron chi connectivity index (χ0n) is 6.30. The molecule has 1 unspecified atom stereocenters. The number of rotatable bonds is 1. The van der Waals surface area contributed by atoms with Gasteiger partial charge < -0.3 is 9.94 Å². The highest BCUT2D eigenvalue weighted by atomic mass is 16.7. The first-order valence-electron chi connectivity index (χ1n) is 3.66. The minimum absolute atomic E-state index is 0.197. The van der Waals surface area contributed by atoms with Crippen LogP contribution in [0.15, 0.2) is 12.5 Å². The third-order valence-corrected chi connectivity index (χ3v) is 1.95. The topological polar surface area (TPSA) is 65.0 Å². The lowest BCUT2D eigenvalue weighted by atomic mass is 10.2. The molecular formula is C6H9N3O3. The molecule has 0 aliphatic carbocycles. The van der Waals surface area contributed by atoms with Gasteiger partial charge in [-0.25, -0.2) is 4.79 Å². The second-order valence-corrected chi connectivity index (χ2v) is 2.61. The fourth-order valence-corrected chi connectivity index (χ4v) is 1.23. The number of nitrogens with one attached hydrogen (secondary N) is 1. The average molecular weight is 171 g/mol. The number of carboxylic acid groups (broad SMARTS) is 1. The molecule has 1 atom stereocenters. The lowest BCUT2D eigenvalue weighted by Gasteiger charge is -2.41. The molecule has 12 heavy (non-hydrogen) atoms. The number of hydrogen-bond donors (Lipinski definition) is 2. The first-order valence-corrected chi connectivity index (χ1v) is 3.66. The Balaban J connectivity index is 1.92. The van der Waals surface area contributed by atoms with Crippen molar-refractivity contribution in [2.24, 2.45) is 0 Å². The van der Waals surface area contributed by atoms with Crippen molar-refractivity contribution in [3.8, 4) is 0 Å². The van der Waals surface area contributed by atoms with E-state index in [1.54, 1.807) is 6.20 Å². The Bertz CT molecular complexity index is 222. The SMILES string of the molecule is O=C(O)N1CCC1N1NC=CO1. The van der Waals surface area contributed by atoms with Crippen molar-refractivity contribution < 1.29 is 14.7 Å². The number of hydrogen-bond acceptors (Lipinski definition) is 4. The molecule has 0 aromatic carbocycles. The molecule has 0 spiro atoms. The summed E-state index contributed by atoms with van der Waals surface area (Å²) >= 11 is 0. The fourth-order valence-electron chi connectivity index (χ4n) is 1.23. The summed E-state index contributed by atoms with van der Waals surface area (Å²) in [6, 6.07) is 0. The predicted molar refractivity (Wildman–Crippen MR) is 38.3 cm³/mol. The second-order valence-electron chi connectivity index (χ2n) is 2.61. The number of amides is 1. The maximum atomic E-state index is 10.5. The van der Waals surface area contributed by atoms with Crippen molar-refractivity contribution >= 4 is 6.09 Å². The van der Waals surface area contributed by atoms with Gasteiger partial charge in [-0.05, 0) is 5.17 Å². The molecule has 66 valence electrons. The van der Waals surface area contributed by atoms with E-state index < -0.39 is 6.09 Å². The zero-order chi connectivity index (χ0) is 8.55. The van der Waals surface area contributed by atoms with Crippen LogP contribution in [0.25, 0.3) is 0 Å². The van der Waals surface area contributed by atoms with Crippen molar-refractivity contribution in [1.29, 1.82) is 0 Å². The van der Waals surface area contributed by atoms with Crippen molar-refractivity contribution in [3.05, 3.63) is 12.5 Å². The molecule has 2 aliphatic heterocycles. The summed E-state index contributed by atoms with van der Waals surface area (Å²) in [4.78, 5) is 16.8. The molecule has 2 rings (SSSR count). The monoisotopic (exact) mass is 171 g/mol. The average Bonchev–Trinajstić information content (AvgIpc) is 2.35. The van der Waals surface area contributed by atoms with E-state index in [9.17, 15) is 4.79 Å². The predicted octanol–water partition coefficient (Wildman–Crippen LogP) is -0.0808. The molecule has 2 aliphatic rings. The number of carbonyl (C=O) groups is 1. The molecule has 0 aromatic heterocycles. The third kappa shape index (κ3) is 0.964. The van der Waals surface area contributed by atoms with Crippen LogP contribution < -0.4 is 5.43 Å². The first-order chi connectivity index (χ1) is 5.79. The summed E-state index contributed by atoms with van der Waals surface area (Å²) in [6.45, 7) is 0.571. The van der Waals surface area contributed by atoms with Crippen LogP contribution in [0.2, 0.25) is 0 Å². The second kappa shape index (κ2) is 2.56. The van der Waals surface area contributed by atoms with Crippen LogP contribution in [0.5, 0.6) is 0 Å². The number of hydroxylamine groups is 1. The van der Waals surface area contributed by atoms with Gasteiger partial charge in [0.15, 0.2) is 0 Å². The van der Waals surface area contributed by atoms with E-state index in [1.165, 1.54) is 16.3 Å². The Morgan fingerprint density at radius 3 is 3.00 bits per heavy atom. The summed E-state index contributed by atoms with van der Waals surface area (Å²) < 4.78 is 0. The standard InChI is InChI=1S/C6H9N3O3/c10-6(11)8-3-1-5(8)9-7-2-4-12-9/h2,4-5,7H,1,3H2,(H,10,11). The summed E-state index contributed by atoms with van der Waals surface area (Å²) in [5.74, 6) is 0. The van der Waals surface area contributed by atoms with Crippen LogP contribution in [0.3, 0.4) is 0 Å². The molecule has 1 fully saturated rings. The van der Waals surface area contributed by atoms with Gasteiger partial charge in [0.05, 0.1) is 6.20 Å². The van der Waals surface area contributed by atoms with Crippen molar-refractivity contribution in [2.45, 2.75) is 12.6 Å². The molecule has 0 saturated carbocycles. The molecule has 2 heterocycles. The van der Waals surface area contributed by atoms with Crippen LogP contribution in [-0.4, -0.2) is 34.0 Å². The van der Waals surface area contributed by atoms with Crippen molar-refractivity contribution in [1.82, 2.24) is 15.5 Å². The molecule has 6 heteroatoms. The van der Waals surface area contributed by atoms with Gasteiger partial charge in [-0.3, -0.25) is 10.3 Å². The Morgan fingerprint density at radius 1 is 1.75 bits per heavy atom.